The van der Waals surface area contributed by atoms with Crippen LogP contribution >= 0.6 is 0 Å². The molecule has 4 heteroatoms. The summed E-state index contributed by atoms with van der Waals surface area (Å²) in [4.78, 5) is 22.4. The topological polar surface area (TPSA) is 52.6 Å². The Bertz CT molecular complexity index is 435. The highest BCUT2D eigenvalue weighted by Crippen LogP contribution is 2.25. The number of carbonyl (C=O) groups excluding carboxylic acids is 2. The van der Waals surface area contributed by atoms with Crippen molar-refractivity contribution in [2.45, 2.75) is 6.92 Å². The Morgan fingerprint density at radius 2 is 2.06 bits per heavy atom. The molecule has 0 spiro atoms. The van der Waals surface area contributed by atoms with E-state index in [4.69, 9.17) is 4.74 Å². The van der Waals surface area contributed by atoms with Gasteiger partial charge in [0.2, 0.25) is 0 Å². The highest BCUT2D eigenvalue weighted by atomic mass is 16.5. The second-order valence-electron chi connectivity index (χ2n) is 3.01. The number of rotatable bonds is 3. The lowest BCUT2D eigenvalue weighted by atomic mass is 10.1. The monoisotopic (exact) mass is 220 g/mol. The first kappa shape index (κ1) is 12.0. The van der Waals surface area contributed by atoms with E-state index < -0.39 is 11.9 Å². The first-order valence-corrected chi connectivity index (χ1v) is 4.62. The number of hydrogen-bond donors (Lipinski definition) is 0. The largest absolute Gasteiger partial charge is 0.465 e. The second kappa shape index (κ2) is 5.11. The molecule has 0 heterocycles. The molecule has 0 atom stereocenters. The first-order valence-electron chi connectivity index (χ1n) is 4.62. The Morgan fingerprint density at radius 1 is 1.38 bits per heavy atom. The van der Waals surface area contributed by atoms with Crippen LogP contribution in [0, 0.1) is 0 Å². The van der Waals surface area contributed by atoms with Crippen molar-refractivity contribution in [2.24, 2.45) is 0 Å². The van der Waals surface area contributed by atoms with Crippen molar-refractivity contribution < 1.29 is 19.1 Å². The molecule has 0 amide bonds. The number of benzene rings is 1. The number of methoxy groups -OCH3 is 1. The molecular weight excluding hydrogens is 208 g/mol. The second-order valence-corrected chi connectivity index (χ2v) is 3.01. The molecule has 0 fully saturated rings. The molecule has 0 aliphatic carbocycles. The lowest BCUT2D eigenvalue weighted by Gasteiger charge is -2.09. The van der Waals surface area contributed by atoms with Crippen LogP contribution in [-0.4, -0.2) is 19.0 Å². The van der Waals surface area contributed by atoms with Crippen LogP contribution in [0.4, 0.5) is 0 Å². The Kier molecular flexibility index (Phi) is 3.83. The summed E-state index contributed by atoms with van der Waals surface area (Å²) in [5.74, 6) is -0.878. The highest BCUT2D eigenvalue weighted by molar-refractivity contribution is 5.94. The summed E-state index contributed by atoms with van der Waals surface area (Å²) in [6.07, 6.45) is 1.50. The van der Waals surface area contributed by atoms with Crippen LogP contribution in [0.3, 0.4) is 0 Å². The molecule has 0 aliphatic rings. The highest BCUT2D eigenvalue weighted by Gasteiger charge is 2.16. The normalized spacial score (nSPS) is 9.38. The quantitative estimate of drug-likeness (QED) is 0.577. The van der Waals surface area contributed by atoms with Gasteiger partial charge in [0.05, 0.1) is 7.11 Å². The van der Waals surface area contributed by atoms with Crippen LogP contribution in [0.2, 0.25) is 0 Å². The van der Waals surface area contributed by atoms with Gasteiger partial charge >= 0.3 is 11.9 Å². The number of carbonyl (C=O) groups is 2. The van der Waals surface area contributed by atoms with Gasteiger partial charge in [0.25, 0.3) is 0 Å². The molecule has 1 rings (SSSR count). The van der Waals surface area contributed by atoms with E-state index in [9.17, 15) is 9.59 Å². The summed E-state index contributed by atoms with van der Waals surface area (Å²) in [5.41, 5.74) is 0.771. The van der Waals surface area contributed by atoms with Crippen LogP contribution in [0.5, 0.6) is 5.75 Å². The third-order valence-corrected chi connectivity index (χ3v) is 1.92. The maximum Gasteiger partial charge on any atom is 0.341 e. The zero-order chi connectivity index (χ0) is 12.1. The van der Waals surface area contributed by atoms with Gasteiger partial charge in [-0.1, -0.05) is 24.8 Å². The smallest absolute Gasteiger partial charge is 0.341 e. The lowest BCUT2D eigenvalue weighted by molar-refractivity contribution is -0.131. The predicted octanol–water partition coefficient (Wildman–Crippen LogP) is 2.04. The van der Waals surface area contributed by atoms with Gasteiger partial charge in [-0.3, -0.25) is 4.79 Å². The maximum absolute atomic E-state index is 11.4. The minimum Gasteiger partial charge on any atom is -0.465 e. The van der Waals surface area contributed by atoms with Gasteiger partial charge < -0.3 is 9.47 Å². The number of hydrogen-bond acceptors (Lipinski definition) is 4. The molecular formula is C12H12O4. The zero-order valence-corrected chi connectivity index (χ0v) is 9.15. The Morgan fingerprint density at radius 3 is 2.56 bits per heavy atom. The number of ether oxygens (including phenoxy) is 2. The predicted molar refractivity (Wildman–Crippen MR) is 59.2 cm³/mol. The van der Waals surface area contributed by atoms with Crippen molar-refractivity contribution in [2.75, 3.05) is 7.11 Å². The molecule has 0 aliphatic heterocycles. The molecule has 0 unspecified atom stereocenters. The van der Waals surface area contributed by atoms with Crippen molar-refractivity contribution >= 4 is 18.0 Å². The van der Waals surface area contributed by atoms with E-state index in [2.05, 4.69) is 11.3 Å². The molecule has 0 saturated carbocycles. The van der Waals surface area contributed by atoms with Crippen LogP contribution in [-0.2, 0) is 9.53 Å². The number of para-hydroxylation sites is 1. The van der Waals surface area contributed by atoms with Crippen molar-refractivity contribution in [3.05, 3.63) is 35.9 Å². The van der Waals surface area contributed by atoms with Crippen molar-refractivity contribution in [1.29, 1.82) is 0 Å². The molecule has 0 aromatic heterocycles. The van der Waals surface area contributed by atoms with Gasteiger partial charge in [-0.25, -0.2) is 4.79 Å². The Hall–Kier alpha value is -2.10. The summed E-state index contributed by atoms with van der Waals surface area (Å²) < 4.78 is 9.57. The molecule has 84 valence electrons. The van der Waals surface area contributed by atoms with Gasteiger partial charge in [0.15, 0.2) is 5.75 Å². The minimum absolute atomic E-state index is 0.178. The molecule has 0 radical (unpaired) electrons. The van der Waals surface area contributed by atoms with Gasteiger partial charge in [0, 0.05) is 12.5 Å². The van der Waals surface area contributed by atoms with Crippen LogP contribution in [0.25, 0.3) is 6.08 Å². The van der Waals surface area contributed by atoms with Crippen molar-refractivity contribution in [1.82, 2.24) is 0 Å². The summed E-state index contributed by atoms with van der Waals surface area (Å²) >= 11 is 0. The van der Waals surface area contributed by atoms with Gasteiger partial charge in [-0.15, -0.1) is 0 Å². The van der Waals surface area contributed by atoms with E-state index in [0.29, 0.717) is 5.56 Å². The number of esters is 2. The fourth-order valence-electron chi connectivity index (χ4n) is 1.24. The molecule has 16 heavy (non-hydrogen) atoms. The fraction of sp³-hybridized carbons (Fsp3) is 0.167. The standard InChI is InChI=1S/C12H12O4/c1-4-9-6-5-7-10(12(14)15-3)11(9)16-8(2)13/h4-7H,1H2,2-3H3. The van der Waals surface area contributed by atoms with E-state index in [-0.39, 0.29) is 11.3 Å². The van der Waals surface area contributed by atoms with E-state index in [1.54, 1.807) is 12.1 Å². The fourth-order valence-corrected chi connectivity index (χ4v) is 1.24. The summed E-state index contributed by atoms with van der Waals surface area (Å²) in [6.45, 7) is 4.85. The molecule has 1 aromatic carbocycles. The van der Waals surface area contributed by atoms with Gasteiger partial charge in [-0.2, -0.15) is 0 Å². The van der Waals surface area contributed by atoms with E-state index in [0.717, 1.165) is 0 Å². The minimum atomic E-state index is -0.556. The maximum atomic E-state index is 11.4. The van der Waals surface area contributed by atoms with Crippen LogP contribution < -0.4 is 4.74 Å². The van der Waals surface area contributed by atoms with E-state index >= 15 is 0 Å². The third-order valence-electron chi connectivity index (χ3n) is 1.92. The lowest BCUT2D eigenvalue weighted by Crippen LogP contribution is -2.10. The average molecular weight is 220 g/mol. The zero-order valence-electron chi connectivity index (χ0n) is 9.15. The van der Waals surface area contributed by atoms with Crippen molar-refractivity contribution in [3.63, 3.8) is 0 Å². The summed E-state index contributed by atoms with van der Waals surface area (Å²) in [6, 6.07) is 4.88. The van der Waals surface area contributed by atoms with Gasteiger partial charge in [0.1, 0.15) is 5.56 Å². The Balaban J connectivity index is 3.30. The molecule has 0 N–H and O–H groups in total. The molecule has 4 nitrogen and oxygen atoms in total. The molecule has 0 bridgehead atoms. The van der Waals surface area contributed by atoms with Crippen molar-refractivity contribution in [3.8, 4) is 5.75 Å². The third kappa shape index (κ3) is 2.48. The van der Waals surface area contributed by atoms with Crippen LogP contribution in [0.1, 0.15) is 22.8 Å². The first-order chi connectivity index (χ1) is 7.60. The molecule has 1 aromatic rings. The molecule has 0 saturated heterocycles. The summed E-state index contributed by atoms with van der Waals surface area (Å²) in [7, 11) is 1.26. The average Bonchev–Trinajstić information content (AvgIpc) is 2.27. The Labute approximate surface area is 93.5 Å². The summed E-state index contributed by atoms with van der Waals surface area (Å²) in [5, 5.41) is 0. The van der Waals surface area contributed by atoms with E-state index in [1.807, 2.05) is 0 Å². The van der Waals surface area contributed by atoms with E-state index in [1.165, 1.54) is 26.2 Å². The van der Waals surface area contributed by atoms with Gasteiger partial charge in [-0.05, 0) is 6.07 Å². The SMILES string of the molecule is C=Cc1cccc(C(=O)OC)c1OC(C)=O. The van der Waals surface area contributed by atoms with Crippen LogP contribution in [0.15, 0.2) is 24.8 Å².